The molecule has 2 amide bonds. The van der Waals surface area contributed by atoms with Crippen molar-refractivity contribution in [2.45, 2.75) is 19.9 Å². The van der Waals surface area contributed by atoms with Crippen molar-refractivity contribution < 1.29 is 14.3 Å². The molecule has 0 saturated carbocycles. The molecule has 2 rings (SSSR count). The van der Waals surface area contributed by atoms with Crippen molar-refractivity contribution in [3.8, 4) is 0 Å². The fourth-order valence-electron chi connectivity index (χ4n) is 2.12. The lowest BCUT2D eigenvalue weighted by molar-refractivity contribution is -0.139. The second-order valence-corrected chi connectivity index (χ2v) is 5.73. The fourth-order valence-corrected chi connectivity index (χ4v) is 2.63. The number of allylic oxidation sites excluding steroid dienone is 1. The second kappa shape index (κ2) is 6.49. The van der Waals surface area contributed by atoms with Gasteiger partial charge in [-0.15, -0.1) is 0 Å². The molecule has 0 aliphatic carbocycles. The summed E-state index contributed by atoms with van der Waals surface area (Å²) in [6.07, 6.45) is 0. The third kappa shape index (κ3) is 3.39. The number of hydrogen-bond acceptors (Lipinski definition) is 3. The highest BCUT2D eigenvalue weighted by Gasteiger charge is 2.32. The molecular formula is C14H14BrClN2O3. The molecule has 1 atom stereocenters. The highest BCUT2D eigenvalue weighted by molar-refractivity contribution is 9.10. The van der Waals surface area contributed by atoms with Gasteiger partial charge in [0, 0.05) is 10.2 Å². The Hall–Kier alpha value is -1.53. The van der Waals surface area contributed by atoms with E-state index in [9.17, 15) is 9.59 Å². The van der Waals surface area contributed by atoms with Crippen LogP contribution in [0.4, 0.5) is 4.79 Å². The quantitative estimate of drug-likeness (QED) is 0.799. The molecule has 1 aromatic rings. The van der Waals surface area contributed by atoms with Gasteiger partial charge in [-0.1, -0.05) is 17.7 Å². The van der Waals surface area contributed by atoms with Gasteiger partial charge in [0.05, 0.1) is 23.2 Å². The summed E-state index contributed by atoms with van der Waals surface area (Å²) in [7, 11) is 0. The Morgan fingerprint density at radius 1 is 1.48 bits per heavy atom. The lowest BCUT2D eigenvalue weighted by Crippen LogP contribution is -2.45. The molecule has 0 radical (unpaired) electrons. The zero-order chi connectivity index (χ0) is 15.6. The van der Waals surface area contributed by atoms with E-state index in [1.807, 2.05) is 0 Å². The van der Waals surface area contributed by atoms with Gasteiger partial charge in [0.15, 0.2) is 0 Å². The van der Waals surface area contributed by atoms with Gasteiger partial charge in [-0.05, 0) is 47.5 Å². The Kier molecular flexibility index (Phi) is 4.90. The van der Waals surface area contributed by atoms with E-state index in [-0.39, 0.29) is 12.6 Å². The molecule has 112 valence electrons. The number of carbonyl (C=O) groups is 2. The van der Waals surface area contributed by atoms with Crippen molar-refractivity contribution in [1.29, 1.82) is 0 Å². The van der Waals surface area contributed by atoms with Crippen LogP contribution < -0.4 is 10.6 Å². The average Bonchev–Trinajstić information content (AvgIpc) is 2.41. The number of nitrogens with one attached hydrogen (secondary N) is 2. The Balaban J connectivity index is 2.46. The van der Waals surface area contributed by atoms with E-state index in [2.05, 4.69) is 26.6 Å². The highest BCUT2D eigenvalue weighted by Crippen LogP contribution is 2.31. The van der Waals surface area contributed by atoms with Crippen LogP contribution in [0, 0.1) is 0 Å². The first kappa shape index (κ1) is 15.9. The van der Waals surface area contributed by atoms with Crippen LogP contribution >= 0.6 is 27.5 Å². The van der Waals surface area contributed by atoms with Gasteiger partial charge >= 0.3 is 12.0 Å². The summed E-state index contributed by atoms with van der Waals surface area (Å²) < 4.78 is 5.76. The van der Waals surface area contributed by atoms with Crippen LogP contribution in [0.5, 0.6) is 0 Å². The van der Waals surface area contributed by atoms with E-state index in [0.717, 1.165) is 5.56 Å². The molecule has 1 heterocycles. The van der Waals surface area contributed by atoms with Gasteiger partial charge in [0.1, 0.15) is 0 Å². The minimum atomic E-state index is -0.577. The van der Waals surface area contributed by atoms with E-state index >= 15 is 0 Å². The maximum absolute atomic E-state index is 12.1. The van der Waals surface area contributed by atoms with E-state index in [0.29, 0.717) is 20.8 Å². The first-order valence-corrected chi connectivity index (χ1v) is 7.51. The maximum atomic E-state index is 12.1. The van der Waals surface area contributed by atoms with Crippen molar-refractivity contribution in [3.63, 3.8) is 0 Å². The number of urea groups is 1. The molecule has 1 aromatic carbocycles. The van der Waals surface area contributed by atoms with Crippen LogP contribution in [0.1, 0.15) is 25.5 Å². The van der Waals surface area contributed by atoms with Crippen molar-refractivity contribution >= 4 is 39.5 Å². The van der Waals surface area contributed by atoms with Gasteiger partial charge in [-0.2, -0.15) is 0 Å². The zero-order valence-corrected chi connectivity index (χ0v) is 13.8. The Labute approximate surface area is 135 Å². The summed E-state index contributed by atoms with van der Waals surface area (Å²) in [6, 6.07) is 4.29. The third-order valence-corrected chi connectivity index (χ3v) is 4.26. The number of amides is 2. The fraction of sp³-hybridized carbons (Fsp3) is 0.286. The number of esters is 1. The molecule has 21 heavy (non-hydrogen) atoms. The maximum Gasteiger partial charge on any atom is 0.338 e. The molecule has 0 bridgehead atoms. The molecule has 7 heteroatoms. The van der Waals surface area contributed by atoms with Gasteiger partial charge in [-0.3, -0.25) is 0 Å². The average molecular weight is 374 g/mol. The molecular weight excluding hydrogens is 360 g/mol. The van der Waals surface area contributed by atoms with E-state index < -0.39 is 12.0 Å². The lowest BCUT2D eigenvalue weighted by Gasteiger charge is -2.28. The number of benzene rings is 1. The third-order valence-electron chi connectivity index (χ3n) is 3.04. The summed E-state index contributed by atoms with van der Waals surface area (Å²) >= 11 is 9.31. The number of ether oxygens (including phenoxy) is 1. The predicted molar refractivity (Wildman–Crippen MR) is 82.9 cm³/mol. The number of hydrogen-bond donors (Lipinski definition) is 2. The molecule has 5 nitrogen and oxygen atoms in total. The Bertz CT molecular complexity index is 631. The topological polar surface area (TPSA) is 67.4 Å². The molecule has 0 aromatic heterocycles. The monoisotopic (exact) mass is 372 g/mol. The van der Waals surface area contributed by atoms with Crippen LogP contribution in [0.2, 0.25) is 5.02 Å². The summed E-state index contributed by atoms with van der Waals surface area (Å²) in [4.78, 5) is 23.8. The van der Waals surface area contributed by atoms with E-state index in [1.165, 1.54) is 0 Å². The SMILES string of the molecule is CCOC(=O)C1=C(C)NC(=O)NC1c1ccc(Cl)c(Br)c1. The zero-order valence-electron chi connectivity index (χ0n) is 11.5. The number of rotatable bonds is 3. The van der Waals surface area contributed by atoms with Crippen LogP contribution in [0.3, 0.4) is 0 Å². The molecule has 0 spiro atoms. The Morgan fingerprint density at radius 3 is 2.81 bits per heavy atom. The first-order valence-electron chi connectivity index (χ1n) is 6.34. The smallest absolute Gasteiger partial charge is 0.338 e. The van der Waals surface area contributed by atoms with Gasteiger partial charge in [-0.25, -0.2) is 9.59 Å². The molecule has 2 N–H and O–H groups in total. The largest absolute Gasteiger partial charge is 0.463 e. The highest BCUT2D eigenvalue weighted by atomic mass is 79.9. The first-order chi connectivity index (χ1) is 9.93. The molecule has 1 aliphatic rings. The molecule has 0 fully saturated rings. The second-order valence-electron chi connectivity index (χ2n) is 4.46. The molecule has 1 aliphatic heterocycles. The number of halogens is 2. The number of carbonyl (C=O) groups excluding carboxylic acids is 2. The predicted octanol–water partition coefficient (Wildman–Crippen LogP) is 3.29. The standard InChI is InChI=1S/C14H14BrClN2O3/c1-3-21-13(19)11-7(2)17-14(20)18-12(11)8-4-5-10(16)9(15)6-8/h4-6,12H,3H2,1-2H3,(H2,17,18,20). The van der Waals surface area contributed by atoms with Crippen LogP contribution in [-0.2, 0) is 9.53 Å². The van der Waals surface area contributed by atoms with Crippen LogP contribution in [0.25, 0.3) is 0 Å². The summed E-state index contributed by atoms with van der Waals surface area (Å²) in [5.41, 5.74) is 1.60. The van der Waals surface area contributed by atoms with Crippen molar-refractivity contribution in [2.24, 2.45) is 0 Å². The minimum Gasteiger partial charge on any atom is -0.463 e. The van der Waals surface area contributed by atoms with Gasteiger partial charge in [0.2, 0.25) is 0 Å². The van der Waals surface area contributed by atoms with Crippen LogP contribution in [-0.4, -0.2) is 18.6 Å². The Morgan fingerprint density at radius 2 is 2.19 bits per heavy atom. The minimum absolute atomic E-state index is 0.264. The van der Waals surface area contributed by atoms with Crippen LogP contribution in [0.15, 0.2) is 33.9 Å². The summed E-state index contributed by atoms with van der Waals surface area (Å²) in [6.45, 7) is 3.67. The van der Waals surface area contributed by atoms with Gasteiger partial charge < -0.3 is 15.4 Å². The molecule has 0 saturated heterocycles. The normalized spacial score (nSPS) is 18.1. The van der Waals surface area contributed by atoms with Crippen molar-refractivity contribution in [1.82, 2.24) is 10.6 Å². The van der Waals surface area contributed by atoms with Gasteiger partial charge in [0.25, 0.3) is 0 Å². The lowest BCUT2D eigenvalue weighted by atomic mass is 9.96. The molecule has 1 unspecified atom stereocenters. The van der Waals surface area contributed by atoms with E-state index in [4.69, 9.17) is 16.3 Å². The van der Waals surface area contributed by atoms with E-state index in [1.54, 1.807) is 32.0 Å². The van der Waals surface area contributed by atoms with Crippen molar-refractivity contribution in [3.05, 3.63) is 44.5 Å². The van der Waals surface area contributed by atoms with Crippen molar-refractivity contribution in [2.75, 3.05) is 6.61 Å². The summed E-state index contributed by atoms with van der Waals surface area (Å²) in [5, 5.41) is 5.86. The summed E-state index contributed by atoms with van der Waals surface area (Å²) in [5.74, 6) is -0.460.